The molecular weight excluding hydrogens is 1020 g/mol. The fraction of sp³-hybridized carbons (Fsp3) is 0.684. The van der Waals surface area contributed by atoms with Gasteiger partial charge in [0.05, 0.1) is 51.8 Å². The molecule has 5 rings (SSSR count). The molecule has 4 aromatic rings. The molecular formula is C76H120O7. The lowest BCUT2D eigenvalue weighted by Gasteiger charge is -2.46. The van der Waals surface area contributed by atoms with E-state index < -0.39 is 24.4 Å². The summed E-state index contributed by atoms with van der Waals surface area (Å²) in [6.45, 7) is 8.81. The lowest BCUT2D eigenvalue weighted by Crippen LogP contribution is -2.61. The second-order valence-electron chi connectivity index (χ2n) is 24.5. The van der Waals surface area contributed by atoms with Gasteiger partial charge in [0.2, 0.25) is 0 Å². The summed E-state index contributed by atoms with van der Waals surface area (Å²) < 4.78 is 48.4. The average molecular weight is 1150 g/mol. The normalized spacial score (nSPS) is 17.5. The van der Waals surface area contributed by atoms with E-state index in [-0.39, 0.29) is 12.2 Å². The van der Waals surface area contributed by atoms with Crippen molar-refractivity contribution in [1.29, 1.82) is 0 Å². The summed E-state index contributed by atoms with van der Waals surface area (Å²) in [5.41, 5.74) is 4.43. The van der Waals surface area contributed by atoms with Crippen LogP contribution in [-0.2, 0) is 59.6 Å². The summed E-state index contributed by atoms with van der Waals surface area (Å²) in [5, 5.41) is 0. The third-order valence-electron chi connectivity index (χ3n) is 17.1. The number of ether oxygens (including phenoxy) is 7. The van der Waals surface area contributed by atoms with Gasteiger partial charge in [0.15, 0.2) is 0 Å². The number of unbranched alkanes of at least 4 members (excludes halogenated alkanes) is 32. The fourth-order valence-electron chi connectivity index (χ4n) is 11.9. The molecule has 1 aliphatic rings. The highest BCUT2D eigenvalue weighted by molar-refractivity contribution is 5.16. The Morgan fingerprint density at radius 3 is 1.01 bits per heavy atom. The van der Waals surface area contributed by atoms with E-state index in [9.17, 15) is 0 Å². The summed E-state index contributed by atoms with van der Waals surface area (Å²) in [6, 6.07) is 41.7. The number of hydrogen-bond donors (Lipinski definition) is 0. The molecule has 83 heavy (non-hydrogen) atoms. The predicted molar refractivity (Wildman–Crippen MR) is 348 cm³/mol. The highest BCUT2D eigenvalue weighted by Crippen LogP contribution is 2.34. The summed E-state index contributed by atoms with van der Waals surface area (Å²) in [4.78, 5) is 0. The van der Waals surface area contributed by atoms with Crippen LogP contribution in [0.2, 0.25) is 0 Å². The van der Waals surface area contributed by atoms with Gasteiger partial charge in [-0.25, -0.2) is 0 Å². The van der Waals surface area contributed by atoms with Gasteiger partial charge in [0.1, 0.15) is 24.4 Å². The molecule has 0 aliphatic carbocycles. The second-order valence-corrected chi connectivity index (χ2v) is 24.5. The fourth-order valence-corrected chi connectivity index (χ4v) is 11.9. The molecule has 7 nitrogen and oxygen atoms in total. The van der Waals surface area contributed by atoms with E-state index in [1.54, 1.807) is 0 Å². The zero-order valence-corrected chi connectivity index (χ0v) is 53.0. The Morgan fingerprint density at radius 2 is 0.639 bits per heavy atom. The molecule has 7 heteroatoms. The summed E-state index contributed by atoms with van der Waals surface area (Å²) in [6.07, 6.45) is 45.9. The SMILES string of the molecule is CCCCCCCCCCCCCCCCCCCOC[C@H](CC[C@@H]1O[C@H](COCc2ccccc2)[C@@H](OCc2ccccc2)[C@H](OCc2ccccc2)[C@H]1OCc1ccccc1)OCCCCCCCCCCCCCCCCCCC. The maximum absolute atomic E-state index is 7.29. The molecule has 0 radical (unpaired) electrons. The number of benzene rings is 4. The summed E-state index contributed by atoms with van der Waals surface area (Å²) >= 11 is 0. The Morgan fingerprint density at radius 1 is 0.325 bits per heavy atom. The van der Waals surface area contributed by atoms with Gasteiger partial charge in [-0.05, 0) is 47.9 Å². The second kappa shape index (κ2) is 49.7. The monoisotopic (exact) mass is 1140 g/mol. The van der Waals surface area contributed by atoms with Crippen LogP contribution in [0.5, 0.6) is 0 Å². The Bertz CT molecular complexity index is 1990. The molecule has 0 N–H and O–H groups in total. The molecule has 0 amide bonds. The lowest BCUT2D eigenvalue weighted by atomic mass is 9.91. The predicted octanol–water partition coefficient (Wildman–Crippen LogP) is 21.2. The standard InChI is InChI=1S/C76H120O7/c1-3-5-7-9-11-13-15-17-19-21-23-25-27-29-31-33-47-59-77-65-71(79-60-48-34-32-30-28-26-24-22-20-18-16-14-12-10-8-6-4-2)57-58-72-74(80-62-68-51-41-36-42-52-68)76(82-64-70-55-45-38-46-56-70)75(81-63-69-53-43-37-44-54-69)73(83-72)66-78-61-67-49-39-35-40-50-67/h35-46,49-56,71-76H,3-34,47-48,57-66H2,1-2H3/t71-,72-,73+,74-,75+,76+/m0/s1. The number of rotatable bonds is 55. The van der Waals surface area contributed by atoms with Crippen molar-refractivity contribution in [2.75, 3.05) is 26.4 Å². The van der Waals surface area contributed by atoms with Crippen LogP contribution in [-0.4, -0.2) is 63.1 Å². The average Bonchev–Trinajstić information content (AvgIpc) is 3.72. The molecule has 1 saturated heterocycles. The minimum Gasteiger partial charge on any atom is -0.379 e. The Balaban J connectivity index is 1.17. The van der Waals surface area contributed by atoms with Gasteiger partial charge in [-0.2, -0.15) is 0 Å². The first kappa shape index (κ1) is 70.4. The van der Waals surface area contributed by atoms with Crippen LogP contribution in [0, 0.1) is 0 Å². The minimum absolute atomic E-state index is 0.0521. The van der Waals surface area contributed by atoms with Crippen molar-refractivity contribution in [3.8, 4) is 0 Å². The van der Waals surface area contributed by atoms with Crippen molar-refractivity contribution >= 4 is 0 Å². The van der Waals surface area contributed by atoms with Crippen molar-refractivity contribution in [2.45, 2.75) is 308 Å². The van der Waals surface area contributed by atoms with Gasteiger partial charge in [0.25, 0.3) is 0 Å². The Kier molecular flexibility index (Phi) is 42.1. The molecule has 6 atom stereocenters. The summed E-state index contributed by atoms with van der Waals surface area (Å²) in [5.74, 6) is 0. The quantitative estimate of drug-likeness (QED) is 0.0408. The molecule has 1 aliphatic heterocycles. The number of hydrogen-bond acceptors (Lipinski definition) is 7. The summed E-state index contributed by atoms with van der Waals surface area (Å²) in [7, 11) is 0. The maximum Gasteiger partial charge on any atom is 0.115 e. The van der Waals surface area contributed by atoms with Gasteiger partial charge < -0.3 is 33.2 Å². The molecule has 1 fully saturated rings. The van der Waals surface area contributed by atoms with Gasteiger partial charge in [-0.15, -0.1) is 0 Å². The highest BCUT2D eigenvalue weighted by atomic mass is 16.6. The van der Waals surface area contributed by atoms with Crippen LogP contribution >= 0.6 is 0 Å². The van der Waals surface area contributed by atoms with Gasteiger partial charge in [0, 0.05) is 13.2 Å². The molecule has 4 aromatic carbocycles. The van der Waals surface area contributed by atoms with Crippen molar-refractivity contribution in [1.82, 2.24) is 0 Å². The van der Waals surface area contributed by atoms with Crippen molar-refractivity contribution in [3.05, 3.63) is 144 Å². The van der Waals surface area contributed by atoms with Crippen LogP contribution in [0.3, 0.4) is 0 Å². The molecule has 0 spiro atoms. The third-order valence-corrected chi connectivity index (χ3v) is 17.1. The Hall–Kier alpha value is -3.40. The van der Waals surface area contributed by atoms with Crippen molar-refractivity contribution < 1.29 is 33.2 Å². The lowest BCUT2D eigenvalue weighted by molar-refractivity contribution is -0.274. The first-order valence-electron chi connectivity index (χ1n) is 34.7. The van der Waals surface area contributed by atoms with Gasteiger partial charge in [-0.3, -0.25) is 0 Å². The topological polar surface area (TPSA) is 64.6 Å². The highest BCUT2D eigenvalue weighted by Gasteiger charge is 2.48. The molecule has 0 unspecified atom stereocenters. The van der Waals surface area contributed by atoms with E-state index in [0.29, 0.717) is 39.6 Å². The Labute approximate surface area is 508 Å². The van der Waals surface area contributed by atoms with Crippen molar-refractivity contribution in [2.24, 2.45) is 0 Å². The molecule has 466 valence electrons. The van der Waals surface area contributed by atoms with Crippen molar-refractivity contribution in [3.63, 3.8) is 0 Å². The first-order valence-corrected chi connectivity index (χ1v) is 34.7. The van der Waals surface area contributed by atoms with Crippen LogP contribution in [0.15, 0.2) is 121 Å². The van der Waals surface area contributed by atoms with E-state index in [1.807, 2.05) is 12.1 Å². The smallest absolute Gasteiger partial charge is 0.115 e. The minimum atomic E-state index is -0.466. The molecule has 0 saturated carbocycles. The van der Waals surface area contributed by atoms with Crippen LogP contribution < -0.4 is 0 Å². The van der Waals surface area contributed by atoms with E-state index in [0.717, 1.165) is 61.2 Å². The molecule has 0 aromatic heterocycles. The van der Waals surface area contributed by atoms with Gasteiger partial charge >= 0.3 is 0 Å². The van der Waals surface area contributed by atoms with E-state index in [1.165, 1.54) is 205 Å². The zero-order chi connectivity index (χ0) is 58.0. The van der Waals surface area contributed by atoms with E-state index in [4.69, 9.17) is 33.2 Å². The molecule has 1 heterocycles. The van der Waals surface area contributed by atoms with Crippen LogP contribution in [0.4, 0.5) is 0 Å². The van der Waals surface area contributed by atoms with Crippen LogP contribution in [0.1, 0.15) is 267 Å². The zero-order valence-electron chi connectivity index (χ0n) is 53.0. The first-order chi connectivity index (χ1) is 41.2. The third kappa shape index (κ3) is 34.5. The maximum atomic E-state index is 7.29. The largest absolute Gasteiger partial charge is 0.379 e. The molecule has 0 bridgehead atoms. The van der Waals surface area contributed by atoms with Crippen LogP contribution in [0.25, 0.3) is 0 Å². The van der Waals surface area contributed by atoms with E-state index >= 15 is 0 Å². The van der Waals surface area contributed by atoms with E-state index in [2.05, 4.69) is 123 Å². The van der Waals surface area contributed by atoms with Gasteiger partial charge in [-0.1, -0.05) is 341 Å².